The average Bonchev–Trinajstić information content (AvgIpc) is 3.01. The number of rotatable bonds is 6. The number of carbonyl (C=O) groups excluding carboxylic acids is 2. The maximum absolute atomic E-state index is 12.5. The van der Waals surface area contributed by atoms with E-state index >= 15 is 0 Å². The van der Waals surface area contributed by atoms with E-state index in [0.717, 1.165) is 23.5 Å². The molecule has 0 aliphatic heterocycles. The van der Waals surface area contributed by atoms with Gasteiger partial charge in [-0.1, -0.05) is 29.8 Å². The Labute approximate surface area is 187 Å². The highest BCUT2D eigenvalue weighted by molar-refractivity contribution is 6.33. The van der Waals surface area contributed by atoms with Crippen LogP contribution in [-0.4, -0.2) is 28.0 Å². The first-order chi connectivity index (χ1) is 15.2. The van der Waals surface area contributed by atoms with Crippen LogP contribution in [-0.2, 0) is 9.53 Å². The van der Waals surface area contributed by atoms with E-state index in [1.807, 2.05) is 37.3 Å². The second-order valence-corrected chi connectivity index (χ2v) is 7.17. The molecule has 0 atom stereocenters. The number of benzene rings is 2. The summed E-state index contributed by atoms with van der Waals surface area (Å²) in [6.07, 6.45) is 0. The maximum Gasteiger partial charge on any atom is 0.340 e. The number of nitrogens with one attached hydrogen (secondary N) is 1. The van der Waals surface area contributed by atoms with Gasteiger partial charge in [-0.3, -0.25) is 19.5 Å². The molecule has 1 amide bonds. The van der Waals surface area contributed by atoms with Crippen molar-refractivity contribution >= 4 is 35.0 Å². The number of nitriles is 1. The number of esters is 1. The number of nitro groups is 1. The van der Waals surface area contributed by atoms with Crippen molar-refractivity contribution in [2.45, 2.75) is 13.8 Å². The largest absolute Gasteiger partial charge is 0.452 e. The van der Waals surface area contributed by atoms with Crippen molar-refractivity contribution in [1.29, 1.82) is 5.26 Å². The standard InChI is InChI=1S/C22H17ClN4O5/c1-13-14(2)26(15-6-4-3-5-7-15)21(18(13)11-24)25-20(28)12-32-22(29)17-10-16(27(30)31)8-9-19(17)23/h3-10H,12H2,1-2H3,(H,25,28). The van der Waals surface area contributed by atoms with Crippen LogP contribution in [0.1, 0.15) is 27.2 Å². The molecule has 0 spiro atoms. The summed E-state index contributed by atoms with van der Waals surface area (Å²) in [7, 11) is 0. The Bertz CT molecular complexity index is 1260. The van der Waals surface area contributed by atoms with Crippen LogP contribution >= 0.6 is 11.6 Å². The molecule has 0 fully saturated rings. The summed E-state index contributed by atoms with van der Waals surface area (Å²) in [5.74, 6) is -1.42. The lowest BCUT2D eigenvalue weighted by molar-refractivity contribution is -0.384. The summed E-state index contributed by atoms with van der Waals surface area (Å²) in [6, 6.07) is 14.6. The summed E-state index contributed by atoms with van der Waals surface area (Å²) in [5.41, 5.74) is 1.93. The van der Waals surface area contributed by atoms with Crippen molar-refractivity contribution in [3.05, 3.63) is 86.1 Å². The molecule has 0 unspecified atom stereocenters. The number of amides is 1. The molecule has 1 N–H and O–H groups in total. The molecule has 32 heavy (non-hydrogen) atoms. The van der Waals surface area contributed by atoms with Gasteiger partial charge in [0.15, 0.2) is 6.61 Å². The molecule has 3 rings (SSSR count). The minimum absolute atomic E-state index is 0.0445. The van der Waals surface area contributed by atoms with Gasteiger partial charge in [0.1, 0.15) is 11.9 Å². The van der Waals surface area contributed by atoms with Crippen LogP contribution in [0.15, 0.2) is 48.5 Å². The molecule has 0 saturated heterocycles. The van der Waals surface area contributed by atoms with Gasteiger partial charge in [0.2, 0.25) is 0 Å². The molecular weight excluding hydrogens is 436 g/mol. The summed E-state index contributed by atoms with van der Waals surface area (Å²) in [4.78, 5) is 35.1. The lowest BCUT2D eigenvalue weighted by Gasteiger charge is -2.13. The molecule has 1 aromatic heterocycles. The SMILES string of the molecule is Cc1c(C#N)c(NC(=O)COC(=O)c2cc([N+](=O)[O-])ccc2Cl)n(-c2ccccc2)c1C. The third kappa shape index (κ3) is 4.45. The van der Waals surface area contributed by atoms with E-state index in [1.165, 1.54) is 6.07 Å². The van der Waals surface area contributed by atoms with Crippen LogP contribution < -0.4 is 5.32 Å². The number of nitro benzene ring substituents is 1. The molecule has 2 aromatic carbocycles. The quantitative estimate of drug-likeness (QED) is 0.337. The van der Waals surface area contributed by atoms with Gasteiger partial charge < -0.3 is 10.1 Å². The lowest BCUT2D eigenvalue weighted by Crippen LogP contribution is -2.23. The number of halogens is 1. The lowest BCUT2D eigenvalue weighted by atomic mass is 10.2. The molecular formula is C22H17ClN4O5. The first-order valence-electron chi connectivity index (χ1n) is 9.33. The molecule has 0 bridgehead atoms. The minimum atomic E-state index is -0.986. The van der Waals surface area contributed by atoms with Gasteiger partial charge in [-0.25, -0.2) is 4.79 Å². The van der Waals surface area contributed by atoms with Crippen LogP contribution in [0.25, 0.3) is 5.69 Å². The van der Waals surface area contributed by atoms with Crippen LogP contribution in [0.4, 0.5) is 11.5 Å². The number of anilines is 1. The molecule has 10 heteroatoms. The van der Waals surface area contributed by atoms with Crippen molar-refractivity contribution in [3.63, 3.8) is 0 Å². The Morgan fingerprint density at radius 3 is 2.53 bits per heavy atom. The predicted molar refractivity (Wildman–Crippen MR) is 117 cm³/mol. The summed E-state index contributed by atoms with van der Waals surface area (Å²) in [5, 5.41) is 23.1. The molecule has 1 heterocycles. The Kier molecular flexibility index (Phi) is 6.56. The highest BCUT2D eigenvalue weighted by Crippen LogP contribution is 2.30. The fourth-order valence-electron chi connectivity index (χ4n) is 3.12. The average molecular weight is 453 g/mol. The fraction of sp³-hybridized carbons (Fsp3) is 0.136. The van der Waals surface area contributed by atoms with Crippen LogP contribution in [0.2, 0.25) is 5.02 Å². The van der Waals surface area contributed by atoms with Crippen molar-refractivity contribution < 1.29 is 19.2 Å². The van der Waals surface area contributed by atoms with E-state index < -0.39 is 23.4 Å². The van der Waals surface area contributed by atoms with Gasteiger partial charge in [0.25, 0.3) is 11.6 Å². The highest BCUT2D eigenvalue weighted by Gasteiger charge is 2.22. The fourth-order valence-corrected chi connectivity index (χ4v) is 3.32. The van der Waals surface area contributed by atoms with Gasteiger partial charge in [-0.2, -0.15) is 5.26 Å². The summed E-state index contributed by atoms with van der Waals surface area (Å²) >= 11 is 5.93. The number of ether oxygens (including phenoxy) is 1. The zero-order valence-electron chi connectivity index (χ0n) is 17.1. The predicted octanol–water partition coefficient (Wildman–Crippen LogP) is 4.32. The van der Waals surface area contributed by atoms with Crippen LogP contribution in [0, 0.1) is 35.3 Å². The second-order valence-electron chi connectivity index (χ2n) is 6.76. The van der Waals surface area contributed by atoms with E-state index in [0.29, 0.717) is 5.56 Å². The Morgan fingerprint density at radius 2 is 1.91 bits per heavy atom. The van der Waals surface area contributed by atoms with E-state index in [9.17, 15) is 25.0 Å². The zero-order valence-corrected chi connectivity index (χ0v) is 17.8. The number of aromatic nitrogens is 1. The number of hydrogen-bond donors (Lipinski definition) is 1. The third-order valence-corrected chi connectivity index (χ3v) is 5.14. The highest BCUT2D eigenvalue weighted by atomic mass is 35.5. The van der Waals surface area contributed by atoms with Gasteiger partial charge >= 0.3 is 5.97 Å². The van der Waals surface area contributed by atoms with Crippen molar-refractivity contribution in [3.8, 4) is 11.8 Å². The summed E-state index contributed by atoms with van der Waals surface area (Å²) < 4.78 is 6.71. The first-order valence-corrected chi connectivity index (χ1v) is 9.70. The molecule has 0 saturated carbocycles. The van der Waals surface area contributed by atoms with E-state index in [-0.39, 0.29) is 27.7 Å². The molecule has 9 nitrogen and oxygen atoms in total. The van der Waals surface area contributed by atoms with E-state index in [4.69, 9.17) is 16.3 Å². The van der Waals surface area contributed by atoms with Gasteiger partial charge in [-0.15, -0.1) is 0 Å². The molecule has 0 aliphatic carbocycles. The smallest absolute Gasteiger partial charge is 0.340 e. The van der Waals surface area contributed by atoms with Crippen molar-refractivity contribution in [1.82, 2.24) is 4.57 Å². The first kappa shape index (κ1) is 22.5. The topological polar surface area (TPSA) is 127 Å². The Balaban J connectivity index is 1.81. The Hall–Kier alpha value is -4.16. The van der Waals surface area contributed by atoms with Crippen molar-refractivity contribution in [2.24, 2.45) is 0 Å². The normalized spacial score (nSPS) is 10.3. The number of hydrogen-bond acceptors (Lipinski definition) is 6. The van der Waals surface area contributed by atoms with E-state index in [1.54, 1.807) is 11.5 Å². The Morgan fingerprint density at radius 1 is 1.22 bits per heavy atom. The monoisotopic (exact) mass is 452 g/mol. The maximum atomic E-state index is 12.5. The van der Waals surface area contributed by atoms with Gasteiger partial charge in [-0.05, 0) is 37.6 Å². The number of non-ortho nitro benzene ring substituents is 1. The molecule has 162 valence electrons. The van der Waals surface area contributed by atoms with E-state index in [2.05, 4.69) is 11.4 Å². The van der Waals surface area contributed by atoms with Gasteiger partial charge in [0.05, 0.1) is 21.1 Å². The minimum Gasteiger partial charge on any atom is -0.452 e. The number of nitrogens with zero attached hydrogens (tertiary/aromatic N) is 3. The number of carbonyl (C=O) groups is 2. The molecule has 3 aromatic rings. The summed E-state index contributed by atoms with van der Waals surface area (Å²) in [6.45, 7) is 2.91. The van der Waals surface area contributed by atoms with Crippen molar-refractivity contribution in [2.75, 3.05) is 11.9 Å². The van der Waals surface area contributed by atoms with Crippen LogP contribution in [0.5, 0.6) is 0 Å². The third-order valence-electron chi connectivity index (χ3n) is 4.81. The molecule has 0 aliphatic rings. The van der Waals surface area contributed by atoms with Crippen LogP contribution in [0.3, 0.4) is 0 Å². The zero-order chi connectivity index (χ0) is 23.4. The molecule has 0 radical (unpaired) electrons. The van der Waals surface area contributed by atoms with Gasteiger partial charge in [0, 0.05) is 23.5 Å². The number of para-hydroxylation sites is 1. The second kappa shape index (κ2) is 9.32.